The molecule has 1 saturated heterocycles. The highest BCUT2D eigenvalue weighted by Crippen LogP contribution is 2.18. The molecular formula is C24H27N5O2S. The van der Waals surface area contributed by atoms with Crippen LogP contribution in [-0.4, -0.2) is 53.1 Å². The molecule has 2 heterocycles. The summed E-state index contributed by atoms with van der Waals surface area (Å²) in [6, 6.07) is 17.9. The number of amides is 2. The largest absolute Gasteiger partial charge is 0.368 e. The first kappa shape index (κ1) is 22.0. The first-order chi connectivity index (χ1) is 15.6. The fraction of sp³-hybridized carbons (Fsp3) is 0.333. The van der Waals surface area contributed by atoms with Crippen molar-refractivity contribution >= 4 is 34.5 Å². The minimum atomic E-state index is -0.259. The van der Waals surface area contributed by atoms with E-state index in [-0.39, 0.29) is 11.8 Å². The number of hydrogen-bond donors (Lipinski definition) is 1. The van der Waals surface area contributed by atoms with Crippen molar-refractivity contribution in [1.82, 2.24) is 15.1 Å². The molecule has 3 aromatic rings. The molecule has 2 amide bonds. The maximum atomic E-state index is 12.6. The average Bonchev–Trinajstić information content (AvgIpc) is 3.30. The molecule has 1 fully saturated rings. The molecule has 0 bridgehead atoms. The highest BCUT2D eigenvalue weighted by atomic mass is 32.1. The van der Waals surface area contributed by atoms with Crippen LogP contribution >= 0.6 is 11.3 Å². The van der Waals surface area contributed by atoms with Gasteiger partial charge in [-0.1, -0.05) is 47.2 Å². The van der Waals surface area contributed by atoms with Gasteiger partial charge in [0.15, 0.2) is 0 Å². The summed E-state index contributed by atoms with van der Waals surface area (Å²) in [6.07, 6.45) is 1.83. The number of benzene rings is 2. The zero-order valence-corrected chi connectivity index (χ0v) is 19.0. The Kier molecular flexibility index (Phi) is 7.11. The Balaban J connectivity index is 1.19. The predicted molar refractivity (Wildman–Crippen MR) is 127 cm³/mol. The number of aryl methyl sites for hydroxylation is 2. The minimum absolute atomic E-state index is 0.180. The summed E-state index contributed by atoms with van der Waals surface area (Å²) in [6.45, 7) is 5.20. The molecule has 1 aliphatic heterocycles. The third-order valence-electron chi connectivity index (χ3n) is 5.51. The SMILES string of the molecule is Cc1ccc(NC(=O)c2nnc(CCCC(=O)N3CCN(c4ccccc4)CC3)s2)cc1. The molecule has 166 valence electrons. The molecule has 1 N–H and O–H groups in total. The van der Waals surface area contributed by atoms with Gasteiger partial charge in [0.2, 0.25) is 10.9 Å². The number of aromatic nitrogens is 2. The van der Waals surface area contributed by atoms with Gasteiger partial charge in [0.05, 0.1) is 0 Å². The molecule has 2 aromatic carbocycles. The summed E-state index contributed by atoms with van der Waals surface area (Å²) in [4.78, 5) is 29.2. The smallest absolute Gasteiger partial charge is 0.286 e. The second-order valence-corrected chi connectivity index (χ2v) is 8.94. The van der Waals surface area contributed by atoms with Gasteiger partial charge in [-0.15, -0.1) is 10.2 Å². The van der Waals surface area contributed by atoms with E-state index in [0.29, 0.717) is 24.3 Å². The molecule has 7 nitrogen and oxygen atoms in total. The topological polar surface area (TPSA) is 78.4 Å². The Bertz CT molecular complexity index is 1040. The lowest BCUT2D eigenvalue weighted by Crippen LogP contribution is -2.48. The third kappa shape index (κ3) is 5.70. The molecule has 4 rings (SSSR count). The lowest BCUT2D eigenvalue weighted by atomic mass is 10.2. The number of hydrogen-bond acceptors (Lipinski definition) is 6. The van der Waals surface area contributed by atoms with E-state index in [2.05, 4.69) is 32.5 Å². The normalized spacial score (nSPS) is 13.8. The van der Waals surface area contributed by atoms with Crippen molar-refractivity contribution in [2.45, 2.75) is 26.2 Å². The maximum Gasteiger partial charge on any atom is 0.286 e. The number of nitrogens with one attached hydrogen (secondary N) is 1. The zero-order valence-electron chi connectivity index (χ0n) is 18.2. The summed E-state index contributed by atoms with van der Waals surface area (Å²) in [5, 5.41) is 12.1. The summed E-state index contributed by atoms with van der Waals surface area (Å²) in [5.41, 5.74) is 3.07. The van der Waals surface area contributed by atoms with Gasteiger partial charge in [0, 0.05) is 50.4 Å². The summed E-state index contributed by atoms with van der Waals surface area (Å²) in [7, 11) is 0. The van der Waals surface area contributed by atoms with Crippen LogP contribution in [0.1, 0.15) is 33.2 Å². The van der Waals surface area contributed by atoms with Crippen LogP contribution < -0.4 is 10.2 Å². The summed E-state index contributed by atoms with van der Waals surface area (Å²) >= 11 is 1.28. The molecular weight excluding hydrogens is 422 g/mol. The summed E-state index contributed by atoms with van der Waals surface area (Å²) in [5.74, 6) is -0.0791. The van der Waals surface area contributed by atoms with Crippen molar-refractivity contribution in [3.63, 3.8) is 0 Å². The van der Waals surface area contributed by atoms with Gasteiger partial charge in [-0.3, -0.25) is 9.59 Å². The number of nitrogens with zero attached hydrogens (tertiary/aromatic N) is 4. The number of para-hydroxylation sites is 1. The fourth-order valence-corrected chi connectivity index (χ4v) is 4.45. The number of anilines is 2. The standard InChI is InChI=1S/C24H27N5O2S/c1-18-10-12-19(13-11-18)25-23(31)24-27-26-21(32-24)8-5-9-22(30)29-16-14-28(15-17-29)20-6-3-2-4-7-20/h2-4,6-7,10-13H,5,8-9,14-17H2,1H3,(H,25,31). The van der Waals surface area contributed by atoms with Crippen LogP contribution in [0, 0.1) is 6.92 Å². The van der Waals surface area contributed by atoms with E-state index in [9.17, 15) is 9.59 Å². The number of carbonyl (C=O) groups excluding carboxylic acids is 2. The first-order valence-electron chi connectivity index (χ1n) is 10.9. The molecule has 0 atom stereocenters. The van der Waals surface area contributed by atoms with Crippen LogP contribution in [-0.2, 0) is 11.2 Å². The predicted octanol–water partition coefficient (Wildman–Crippen LogP) is 3.77. The highest BCUT2D eigenvalue weighted by molar-refractivity contribution is 7.13. The maximum absolute atomic E-state index is 12.6. The Morgan fingerprint density at radius 2 is 1.69 bits per heavy atom. The van der Waals surface area contributed by atoms with Gasteiger partial charge in [-0.25, -0.2) is 0 Å². The monoisotopic (exact) mass is 449 g/mol. The van der Waals surface area contributed by atoms with Gasteiger partial charge in [0.1, 0.15) is 5.01 Å². The first-order valence-corrected chi connectivity index (χ1v) is 11.7. The van der Waals surface area contributed by atoms with Crippen molar-refractivity contribution in [2.24, 2.45) is 0 Å². The molecule has 0 radical (unpaired) electrons. The second kappa shape index (κ2) is 10.4. The van der Waals surface area contributed by atoms with E-state index in [1.165, 1.54) is 17.0 Å². The Hall–Kier alpha value is -3.26. The molecule has 8 heteroatoms. The molecule has 1 aromatic heterocycles. The van der Waals surface area contributed by atoms with E-state index in [0.717, 1.165) is 42.4 Å². The van der Waals surface area contributed by atoms with Gasteiger partial charge >= 0.3 is 0 Å². The molecule has 1 aliphatic rings. The van der Waals surface area contributed by atoms with Crippen LogP contribution in [0.2, 0.25) is 0 Å². The van der Waals surface area contributed by atoms with E-state index >= 15 is 0 Å². The minimum Gasteiger partial charge on any atom is -0.368 e. The van der Waals surface area contributed by atoms with E-state index in [1.54, 1.807) is 0 Å². The molecule has 0 saturated carbocycles. The van der Waals surface area contributed by atoms with Crippen molar-refractivity contribution in [2.75, 3.05) is 36.4 Å². The van der Waals surface area contributed by atoms with Crippen LogP contribution in [0.25, 0.3) is 0 Å². The number of rotatable bonds is 7. The Labute approximate surface area is 192 Å². The van der Waals surface area contributed by atoms with Crippen molar-refractivity contribution < 1.29 is 9.59 Å². The van der Waals surface area contributed by atoms with Crippen LogP contribution in [0.4, 0.5) is 11.4 Å². The Morgan fingerprint density at radius 3 is 2.41 bits per heavy atom. The average molecular weight is 450 g/mol. The quantitative estimate of drug-likeness (QED) is 0.594. The van der Waals surface area contributed by atoms with Crippen LogP contribution in [0.15, 0.2) is 54.6 Å². The van der Waals surface area contributed by atoms with E-state index in [4.69, 9.17) is 0 Å². The molecule has 0 aliphatic carbocycles. The number of carbonyl (C=O) groups is 2. The highest BCUT2D eigenvalue weighted by Gasteiger charge is 2.21. The number of piperazine rings is 1. The fourth-order valence-electron chi connectivity index (χ4n) is 3.67. The van der Waals surface area contributed by atoms with Gasteiger partial charge < -0.3 is 15.1 Å². The molecule has 32 heavy (non-hydrogen) atoms. The van der Waals surface area contributed by atoms with Crippen LogP contribution in [0.5, 0.6) is 0 Å². The zero-order chi connectivity index (χ0) is 22.3. The van der Waals surface area contributed by atoms with Gasteiger partial charge in [-0.05, 0) is 37.6 Å². The van der Waals surface area contributed by atoms with E-state index in [1.807, 2.05) is 54.3 Å². The lowest BCUT2D eigenvalue weighted by Gasteiger charge is -2.36. The second-order valence-electron chi connectivity index (χ2n) is 7.88. The third-order valence-corrected chi connectivity index (χ3v) is 6.49. The van der Waals surface area contributed by atoms with Gasteiger partial charge in [-0.2, -0.15) is 0 Å². The summed E-state index contributed by atoms with van der Waals surface area (Å²) < 4.78 is 0. The molecule has 0 unspecified atom stereocenters. The molecule has 0 spiro atoms. The lowest BCUT2D eigenvalue weighted by molar-refractivity contribution is -0.131. The van der Waals surface area contributed by atoms with Gasteiger partial charge in [0.25, 0.3) is 5.91 Å². The van der Waals surface area contributed by atoms with E-state index < -0.39 is 0 Å². The van der Waals surface area contributed by atoms with Crippen molar-refractivity contribution in [3.05, 3.63) is 70.2 Å². The van der Waals surface area contributed by atoms with Crippen molar-refractivity contribution in [1.29, 1.82) is 0 Å². The Morgan fingerprint density at radius 1 is 0.969 bits per heavy atom. The van der Waals surface area contributed by atoms with Crippen LogP contribution in [0.3, 0.4) is 0 Å². The van der Waals surface area contributed by atoms with Crippen molar-refractivity contribution in [3.8, 4) is 0 Å².